The summed E-state index contributed by atoms with van der Waals surface area (Å²) in [6.07, 6.45) is 6.21. The third-order valence-electron chi connectivity index (χ3n) is 4.02. The number of hydrogen-bond acceptors (Lipinski definition) is 3. The Hall–Kier alpha value is -2.10. The van der Waals surface area contributed by atoms with E-state index in [2.05, 4.69) is 22.0 Å². The molecule has 4 nitrogen and oxygen atoms in total. The van der Waals surface area contributed by atoms with E-state index in [0.717, 1.165) is 42.9 Å². The van der Waals surface area contributed by atoms with Crippen molar-refractivity contribution in [3.05, 3.63) is 35.5 Å². The summed E-state index contributed by atoms with van der Waals surface area (Å²) in [5.74, 6) is 1.01. The molecular weight excluding hydrogens is 262 g/mol. The largest absolute Gasteiger partial charge is 0.378 e. The number of carbonyl (C=O) groups is 1. The molecule has 1 aromatic carbocycles. The van der Waals surface area contributed by atoms with Crippen molar-refractivity contribution in [2.45, 2.75) is 25.7 Å². The van der Waals surface area contributed by atoms with Crippen LogP contribution in [-0.4, -0.2) is 37.3 Å². The van der Waals surface area contributed by atoms with Gasteiger partial charge >= 0.3 is 0 Å². The first-order valence-electron chi connectivity index (χ1n) is 7.54. The lowest BCUT2D eigenvalue weighted by atomic mass is 10.1. The number of amidine groups is 1. The molecule has 0 unspecified atom stereocenters. The van der Waals surface area contributed by atoms with Gasteiger partial charge in [0.25, 0.3) is 5.91 Å². The van der Waals surface area contributed by atoms with E-state index in [9.17, 15) is 4.79 Å². The van der Waals surface area contributed by atoms with E-state index in [1.54, 1.807) is 0 Å². The summed E-state index contributed by atoms with van der Waals surface area (Å²) in [6, 6.07) is 8.16. The second kappa shape index (κ2) is 5.72. The van der Waals surface area contributed by atoms with E-state index in [0.29, 0.717) is 5.70 Å². The molecule has 2 heterocycles. The van der Waals surface area contributed by atoms with Crippen LogP contribution in [0.3, 0.4) is 0 Å². The molecule has 2 aliphatic heterocycles. The standard InChI is InChI=1S/C17H21N3O/c1-19(2)14-9-7-13(8-10-14)12-15-17(21)20-11-5-3-4-6-16(20)18-15/h7-10,12H,3-6,11H2,1-2H3/b15-12-. The van der Waals surface area contributed by atoms with E-state index in [-0.39, 0.29) is 5.91 Å². The second-order valence-electron chi connectivity index (χ2n) is 5.81. The highest BCUT2D eigenvalue weighted by Crippen LogP contribution is 2.24. The molecule has 110 valence electrons. The molecule has 3 rings (SSSR count). The molecule has 1 saturated heterocycles. The molecule has 0 aliphatic carbocycles. The van der Waals surface area contributed by atoms with Gasteiger partial charge in [-0.15, -0.1) is 0 Å². The van der Waals surface area contributed by atoms with E-state index in [4.69, 9.17) is 0 Å². The number of carbonyl (C=O) groups excluding carboxylic acids is 1. The van der Waals surface area contributed by atoms with E-state index < -0.39 is 0 Å². The Bertz CT molecular complexity index is 599. The number of amides is 1. The third kappa shape index (κ3) is 2.84. The molecule has 21 heavy (non-hydrogen) atoms. The van der Waals surface area contributed by atoms with Crippen LogP contribution in [0, 0.1) is 0 Å². The summed E-state index contributed by atoms with van der Waals surface area (Å²) < 4.78 is 0. The SMILES string of the molecule is CN(C)c1ccc(/C=C2\N=C3CCCCCN3C2=O)cc1. The maximum absolute atomic E-state index is 12.4. The fraction of sp³-hybridized carbons (Fsp3) is 0.412. The molecule has 0 N–H and O–H groups in total. The van der Waals surface area contributed by atoms with Crippen molar-refractivity contribution in [1.82, 2.24) is 4.90 Å². The minimum Gasteiger partial charge on any atom is -0.378 e. The predicted molar refractivity (Wildman–Crippen MR) is 86.4 cm³/mol. The van der Waals surface area contributed by atoms with Crippen LogP contribution in [0.4, 0.5) is 5.69 Å². The lowest BCUT2D eigenvalue weighted by molar-refractivity contribution is -0.122. The molecular formula is C17H21N3O. The van der Waals surface area contributed by atoms with Crippen molar-refractivity contribution in [1.29, 1.82) is 0 Å². The number of hydrogen-bond donors (Lipinski definition) is 0. The van der Waals surface area contributed by atoms with Crippen molar-refractivity contribution >= 4 is 23.5 Å². The van der Waals surface area contributed by atoms with Crippen LogP contribution in [-0.2, 0) is 4.79 Å². The second-order valence-corrected chi connectivity index (χ2v) is 5.81. The molecule has 0 saturated carbocycles. The van der Waals surface area contributed by atoms with Crippen LogP contribution in [0.5, 0.6) is 0 Å². The topological polar surface area (TPSA) is 35.9 Å². The fourth-order valence-electron chi connectivity index (χ4n) is 2.77. The first kappa shape index (κ1) is 13.9. The average molecular weight is 283 g/mol. The number of benzene rings is 1. The van der Waals surface area contributed by atoms with Crippen molar-refractivity contribution in [2.75, 3.05) is 25.5 Å². The van der Waals surface area contributed by atoms with Gasteiger partial charge in [0, 0.05) is 32.7 Å². The van der Waals surface area contributed by atoms with Gasteiger partial charge in [-0.25, -0.2) is 4.99 Å². The molecule has 1 fully saturated rings. The highest BCUT2D eigenvalue weighted by Gasteiger charge is 2.30. The minimum atomic E-state index is 0.0589. The van der Waals surface area contributed by atoms with Crippen molar-refractivity contribution < 1.29 is 4.79 Å². The summed E-state index contributed by atoms with van der Waals surface area (Å²) in [5, 5.41) is 0. The Balaban J connectivity index is 1.84. The van der Waals surface area contributed by atoms with Crippen LogP contribution in [0.2, 0.25) is 0 Å². The van der Waals surface area contributed by atoms with Crippen LogP contribution in [0.25, 0.3) is 6.08 Å². The summed E-state index contributed by atoms with van der Waals surface area (Å²) in [5.41, 5.74) is 2.74. The number of fused-ring (bicyclic) bond motifs is 1. The van der Waals surface area contributed by atoms with Gasteiger partial charge in [0.1, 0.15) is 11.5 Å². The zero-order valence-corrected chi connectivity index (χ0v) is 12.7. The molecule has 2 aliphatic rings. The summed E-state index contributed by atoms with van der Waals surface area (Å²) in [7, 11) is 4.03. The Morgan fingerprint density at radius 1 is 1.14 bits per heavy atom. The maximum Gasteiger partial charge on any atom is 0.277 e. The quantitative estimate of drug-likeness (QED) is 0.782. The summed E-state index contributed by atoms with van der Waals surface area (Å²) in [4.78, 5) is 20.9. The summed E-state index contributed by atoms with van der Waals surface area (Å²) in [6.45, 7) is 0.814. The van der Waals surface area contributed by atoms with E-state index in [1.165, 1.54) is 6.42 Å². The number of nitrogens with zero attached hydrogens (tertiary/aromatic N) is 3. The smallest absolute Gasteiger partial charge is 0.277 e. The van der Waals surface area contributed by atoms with E-state index in [1.807, 2.05) is 37.2 Å². The van der Waals surface area contributed by atoms with Crippen LogP contribution in [0.15, 0.2) is 35.0 Å². The monoisotopic (exact) mass is 283 g/mol. The Morgan fingerprint density at radius 3 is 2.62 bits per heavy atom. The maximum atomic E-state index is 12.4. The van der Waals surface area contributed by atoms with Gasteiger partial charge in [0.2, 0.25) is 0 Å². The molecule has 0 radical (unpaired) electrons. The molecule has 0 atom stereocenters. The van der Waals surface area contributed by atoms with Gasteiger partial charge in [0.15, 0.2) is 0 Å². The molecule has 4 heteroatoms. The first-order chi connectivity index (χ1) is 10.1. The Labute approximate surface area is 125 Å². The van der Waals surface area contributed by atoms with Crippen molar-refractivity contribution in [3.8, 4) is 0 Å². The van der Waals surface area contributed by atoms with Gasteiger partial charge in [-0.3, -0.25) is 9.69 Å². The molecule has 0 bridgehead atoms. The molecule has 1 amide bonds. The van der Waals surface area contributed by atoms with Gasteiger partial charge in [-0.2, -0.15) is 0 Å². The van der Waals surface area contributed by atoms with Crippen molar-refractivity contribution in [3.63, 3.8) is 0 Å². The van der Waals surface area contributed by atoms with Gasteiger partial charge < -0.3 is 4.90 Å². The average Bonchev–Trinajstić information content (AvgIpc) is 2.66. The van der Waals surface area contributed by atoms with Crippen LogP contribution >= 0.6 is 0 Å². The van der Waals surface area contributed by atoms with Crippen LogP contribution in [0.1, 0.15) is 31.2 Å². The molecule has 0 aromatic heterocycles. The highest BCUT2D eigenvalue weighted by atomic mass is 16.2. The van der Waals surface area contributed by atoms with Crippen LogP contribution < -0.4 is 4.90 Å². The van der Waals surface area contributed by atoms with E-state index >= 15 is 0 Å². The zero-order valence-electron chi connectivity index (χ0n) is 12.7. The summed E-state index contributed by atoms with van der Waals surface area (Å²) >= 11 is 0. The van der Waals surface area contributed by atoms with Crippen molar-refractivity contribution in [2.24, 2.45) is 4.99 Å². The Morgan fingerprint density at radius 2 is 1.90 bits per heavy atom. The molecule has 0 spiro atoms. The lowest BCUT2D eigenvalue weighted by Gasteiger charge is -2.14. The zero-order chi connectivity index (χ0) is 14.8. The highest BCUT2D eigenvalue weighted by molar-refractivity contribution is 6.14. The van der Waals surface area contributed by atoms with Gasteiger partial charge in [-0.1, -0.05) is 18.6 Å². The number of rotatable bonds is 2. The fourth-order valence-corrected chi connectivity index (χ4v) is 2.77. The predicted octanol–water partition coefficient (Wildman–Crippen LogP) is 2.91. The minimum absolute atomic E-state index is 0.0589. The normalized spacial score (nSPS) is 20.3. The lowest BCUT2D eigenvalue weighted by Crippen LogP contribution is -2.31. The van der Waals surface area contributed by atoms with Gasteiger partial charge in [-0.05, 0) is 36.6 Å². The number of aliphatic imine (C=N–C) groups is 1. The molecule has 1 aromatic rings. The Kier molecular flexibility index (Phi) is 3.78. The van der Waals surface area contributed by atoms with Gasteiger partial charge in [0.05, 0.1) is 0 Å². The first-order valence-corrected chi connectivity index (χ1v) is 7.54. The third-order valence-corrected chi connectivity index (χ3v) is 4.02. The number of anilines is 1.